The van der Waals surface area contributed by atoms with Gasteiger partial charge in [0.1, 0.15) is 12.7 Å². The number of carbonyl (C=O) groups excluding carboxylic acids is 2. The van der Waals surface area contributed by atoms with Crippen molar-refractivity contribution in [2.45, 2.75) is 13.3 Å². The van der Waals surface area contributed by atoms with Crippen LogP contribution in [0.15, 0.2) is 61.2 Å². The van der Waals surface area contributed by atoms with Crippen LogP contribution in [0.1, 0.15) is 23.7 Å². The van der Waals surface area contributed by atoms with Crippen LogP contribution in [0.3, 0.4) is 0 Å². The second kappa shape index (κ2) is 7.03. The van der Waals surface area contributed by atoms with Gasteiger partial charge in [-0.05, 0) is 48.7 Å². The fourth-order valence-corrected chi connectivity index (χ4v) is 2.94. The Labute approximate surface area is 156 Å². The Morgan fingerprint density at radius 1 is 1.00 bits per heavy atom. The van der Waals surface area contributed by atoms with E-state index in [1.54, 1.807) is 41.5 Å². The Kier molecular flexibility index (Phi) is 4.42. The van der Waals surface area contributed by atoms with Crippen molar-refractivity contribution in [1.82, 2.24) is 14.8 Å². The maximum absolute atomic E-state index is 12.6. The molecule has 0 spiro atoms. The number of nitrogens with zero attached hydrogens (tertiary/aromatic N) is 3. The van der Waals surface area contributed by atoms with E-state index in [9.17, 15) is 9.59 Å². The van der Waals surface area contributed by atoms with Crippen LogP contribution < -0.4 is 10.6 Å². The highest BCUT2D eigenvalue weighted by atomic mass is 16.2. The van der Waals surface area contributed by atoms with Crippen LogP contribution in [0.4, 0.5) is 11.4 Å². The summed E-state index contributed by atoms with van der Waals surface area (Å²) in [4.78, 5) is 24.7. The third-order valence-corrected chi connectivity index (χ3v) is 4.66. The van der Waals surface area contributed by atoms with Crippen molar-refractivity contribution in [3.05, 3.63) is 66.7 Å². The molecule has 0 saturated heterocycles. The topological polar surface area (TPSA) is 88.9 Å². The standard InChI is InChI=1S/C20H19N5O2/c1-13-8-18(13)20(27)24-15-5-2-4-14(9-15)19(26)23-16-6-3-7-17(10-16)25-11-21-22-12-25/h2-7,9-13,18H,8H2,1H3,(H,23,26)(H,24,27). The van der Waals surface area contributed by atoms with Gasteiger partial charge in [0.15, 0.2) is 0 Å². The van der Waals surface area contributed by atoms with Crippen molar-refractivity contribution in [3.8, 4) is 5.69 Å². The average Bonchev–Trinajstić information content (AvgIpc) is 3.17. The molecule has 3 aromatic rings. The van der Waals surface area contributed by atoms with Gasteiger partial charge >= 0.3 is 0 Å². The molecule has 2 unspecified atom stereocenters. The molecule has 2 aromatic carbocycles. The summed E-state index contributed by atoms with van der Waals surface area (Å²) in [6, 6.07) is 14.3. The number of benzene rings is 2. The summed E-state index contributed by atoms with van der Waals surface area (Å²) in [6.07, 6.45) is 4.11. The van der Waals surface area contributed by atoms with Crippen molar-refractivity contribution in [1.29, 1.82) is 0 Å². The first-order chi connectivity index (χ1) is 13.1. The quantitative estimate of drug-likeness (QED) is 0.731. The fraction of sp³-hybridized carbons (Fsp3) is 0.200. The lowest BCUT2D eigenvalue weighted by Crippen LogP contribution is -2.16. The minimum Gasteiger partial charge on any atom is -0.326 e. The van der Waals surface area contributed by atoms with Gasteiger partial charge in [0, 0.05) is 22.9 Å². The van der Waals surface area contributed by atoms with Crippen LogP contribution in [-0.4, -0.2) is 26.6 Å². The van der Waals surface area contributed by atoms with Gasteiger partial charge in [0.25, 0.3) is 5.91 Å². The molecule has 0 bridgehead atoms. The number of aromatic nitrogens is 3. The van der Waals surface area contributed by atoms with E-state index in [1.807, 2.05) is 24.3 Å². The lowest BCUT2D eigenvalue weighted by atomic mass is 10.1. The van der Waals surface area contributed by atoms with Crippen LogP contribution in [0, 0.1) is 11.8 Å². The van der Waals surface area contributed by atoms with E-state index in [2.05, 4.69) is 27.8 Å². The molecule has 0 radical (unpaired) electrons. The predicted octanol–water partition coefficient (Wildman–Crippen LogP) is 3.11. The second-order valence-electron chi connectivity index (χ2n) is 6.76. The molecule has 0 aliphatic heterocycles. The van der Waals surface area contributed by atoms with Gasteiger partial charge in [-0.15, -0.1) is 10.2 Å². The number of carbonyl (C=O) groups is 2. The Hall–Kier alpha value is -3.48. The van der Waals surface area contributed by atoms with Crippen LogP contribution in [0.25, 0.3) is 5.69 Å². The number of hydrogen-bond donors (Lipinski definition) is 2. The number of anilines is 2. The Morgan fingerprint density at radius 2 is 1.67 bits per heavy atom. The smallest absolute Gasteiger partial charge is 0.255 e. The zero-order valence-electron chi connectivity index (χ0n) is 14.8. The summed E-state index contributed by atoms with van der Waals surface area (Å²) in [5.74, 6) is 0.297. The highest BCUT2D eigenvalue weighted by molar-refractivity contribution is 6.05. The normalized spacial score (nSPS) is 18.0. The van der Waals surface area contributed by atoms with Crippen LogP contribution in [-0.2, 0) is 4.79 Å². The highest BCUT2D eigenvalue weighted by Gasteiger charge is 2.39. The molecule has 1 heterocycles. The molecule has 1 fully saturated rings. The van der Waals surface area contributed by atoms with Crippen molar-refractivity contribution in [2.75, 3.05) is 10.6 Å². The Bertz CT molecular complexity index is 984. The summed E-state index contributed by atoms with van der Waals surface area (Å²) in [7, 11) is 0. The first-order valence-electron chi connectivity index (χ1n) is 8.77. The first-order valence-corrected chi connectivity index (χ1v) is 8.77. The maximum Gasteiger partial charge on any atom is 0.255 e. The average molecular weight is 361 g/mol. The minimum absolute atomic E-state index is 0.0155. The van der Waals surface area contributed by atoms with Crippen molar-refractivity contribution in [2.24, 2.45) is 11.8 Å². The van der Waals surface area contributed by atoms with Gasteiger partial charge in [-0.25, -0.2) is 0 Å². The van der Waals surface area contributed by atoms with Gasteiger partial charge < -0.3 is 10.6 Å². The number of rotatable bonds is 5. The zero-order chi connectivity index (χ0) is 18.8. The molecule has 1 saturated carbocycles. The number of amides is 2. The summed E-state index contributed by atoms with van der Waals surface area (Å²) >= 11 is 0. The van der Waals surface area contributed by atoms with Crippen LogP contribution >= 0.6 is 0 Å². The fourth-order valence-electron chi connectivity index (χ4n) is 2.94. The molecule has 1 aliphatic carbocycles. The van der Waals surface area contributed by atoms with Gasteiger partial charge in [-0.3, -0.25) is 14.2 Å². The summed E-state index contributed by atoms with van der Waals surface area (Å²) in [6.45, 7) is 2.06. The first kappa shape index (κ1) is 17.0. The molecule has 4 rings (SSSR count). The van der Waals surface area contributed by atoms with Crippen molar-refractivity contribution < 1.29 is 9.59 Å². The predicted molar refractivity (Wildman–Crippen MR) is 102 cm³/mol. The summed E-state index contributed by atoms with van der Waals surface area (Å²) < 4.78 is 1.75. The Balaban J connectivity index is 1.46. The molecule has 1 aromatic heterocycles. The van der Waals surface area contributed by atoms with Crippen LogP contribution in [0.5, 0.6) is 0 Å². The lowest BCUT2D eigenvalue weighted by Gasteiger charge is -2.09. The maximum atomic E-state index is 12.6. The van der Waals surface area contributed by atoms with Gasteiger partial charge in [-0.1, -0.05) is 19.1 Å². The van der Waals surface area contributed by atoms with E-state index < -0.39 is 0 Å². The van der Waals surface area contributed by atoms with E-state index in [0.29, 0.717) is 22.9 Å². The van der Waals surface area contributed by atoms with Crippen LogP contribution in [0.2, 0.25) is 0 Å². The largest absolute Gasteiger partial charge is 0.326 e. The molecular formula is C20H19N5O2. The van der Waals surface area contributed by atoms with E-state index in [1.165, 1.54) is 0 Å². The van der Waals surface area contributed by atoms with Gasteiger partial charge in [0.2, 0.25) is 5.91 Å². The molecule has 136 valence electrons. The zero-order valence-corrected chi connectivity index (χ0v) is 14.8. The molecule has 2 N–H and O–H groups in total. The minimum atomic E-state index is -0.244. The molecule has 1 aliphatic rings. The summed E-state index contributed by atoms with van der Waals surface area (Å²) in [5.41, 5.74) is 2.61. The second-order valence-corrected chi connectivity index (χ2v) is 6.76. The van der Waals surface area contributed by atoms with E-state index >= 15 is 0 Å². The third-order valence-electron chi connectivity index (χ3n) is 4.66. The molecular weight excluding hydrogens is 342 g/mol. The highest BCUT2D eigenvalue weighted by Crippen LogP contribution is 2.38. The number of hydrogen-bond acceptors (Lipinski definition) is 4. The molecule has 7 heteroatoms. The third kappa shape index (κ3) is 3.87. The molecule has 2 amide bonds. The van der Waals surface area contributed by atoms with E-state index in [0.717, 1.165) is 12.1 Å². The van der Waals surface area contributed by atoms with E-state index in [4.69, 9.17) is 0 Å². The van der Waals surface area contributed by atoms with E-state index in [-0.39, 0.29) is 17.7 Å². The molecule has 27 heavy (non-hydrogen) atoms. The summed E-state index contributed by atoms with van der Waals surface area (Å²) in [5, 5.41) is 13.3. The molecule has 7 nitrogen and oxygen atoms in total. The van der Waals surface area contributed by atoms with Crippen molar-refractivity contribution in [3.63, 3.8) is 0 Å². The monoisotopic (exact) mass is 361 g/mol. The molecule has 2 atom stereocenters. The van der Waals surface area contributed by atoms with Gasteiger partial charge in [0.05, 0.1) is 5.69 Å². The lowest BCUT2D eigenvalue weighted by molar-refractivity contribution is -0.117. The van der Waals surface area contributed by atoms with Crippen molar-refractivity contribution >= 4 is 23.2 Å². The van der Waals surface area contributed by atoms with Gasteiger partial charge in [-0.2, -0.15) is 0 Å². The SMILES string of the molecule is CC1CC1C(=O)Nc1cccc(C(=O)Nc2cccc(-n3cnnc3)c2)c1. The number of nitrogens with one attached hydrogen (secondary N) is 2. The Morgan fingerprint density at radius 3 is 2.37 bits per heavy atom.